The first-order chi connectivity index (χ1) is 14.5. The van der Waals surface area contributed by atoms with Crippen molar-refractivity contribution in [2.24, 2.45) is 0 Å². The Hall–Kier alpha value is -1.98. The van der Waals surface area contributed by atoms with Gasteiger partial charge in [-0.2, -0.15) is 0 Å². The third kappa shape index (κ3) is 4.84. The Morgan fingerprint density at radius 1 is 1.07 bits per heavy atom. The van der Waals surface area contributed by atoms with E-state index in [1.54, 1.807) is 0 Å². The van der Waals surface area contributed by atoms with Crippen molar-refractivity contribution in [1.29, 1.82) is 0 Å². The molecule has 3 aromatic carbocycles. The first-order valence-electron chi connectivity index (χ1n) is 10.3. The molecule has 4 nitrogen and oxygen atoms in total. The normalized spacial score (nSPS) is 16.1. The van der Waals surface area contributed by atoms with Gasteiger partial charge in [-0.1, -0.05) is 59.6 Å². The Balaban J connectivity index is 1.27. The van der Waals surface area contributed by atoms with Crippen molar-refractivity contribution < 1.29 is 14.7 Å². The van der Waals surface area contributed by atoms with Crippen molar-refractivity contribution in [3.63, 3.8) is 0 Å². The van der Waals surface area contributed by atoms with Crippen molar-refractivity contribution in [3.8, 4) is 5.75 Å². The van der Waals surface area contributed by atoms with Gasteiger partial charge in [0.2, 0.25) is 0 Å². The summed E-state index contributed by atoms with van der Waals surface area (Å²) in [7, 11) is 0. The van der Waals surface area contributed by atoms with Gasteiger partial charge in [-0.25, -0.2) is 0 Å². The molecule has 1 aliphatic rings. The zero-order chi connectivity index (χ0) is 21.1. The predicted molar refractivity (Wildman–Crippen MR) is 124 cm³/mol. The van der Waals surface area contributed by atoms with Crippen LogP contribution in [0.4, 0.5) is 5.69 Å². The Bertz CT molecular complexity index is 1020. The number of halogens is 2. The van der Waals surface area contributed by atoms with E-state index in [9.17, 15) is 5.11 Å². The molecule has 0 spiro atoms. The maximum absolute atomic E-state index is 10.5. The van der Waals surface area contributed by atoms with Crippen molar-refractivity contribution >= 4 is 39.7 Å². The second-order valence-corrected chi connectivity index (χ2v) is 8.72. The van der Waals surface area contributed by atoms with Gasteiger partial charge in [0.25, 0.3) is 0 Å². The molecule has 0 radical (unpaired) electrons. The molecule has 1 aliphatic heterocycles. The predicted octanol–water partition coefficient (Wildman–Crippen LogP) is 3.60. The molecule has 0 amide bonds. The van der Waals surface area contributed by atoms with Crippen LogP contribution in [-0.2, 0) is 0 Å². The van der Waals surface area contributed by atoms with Gasteiger partial charge in [-0.3, -0.25) is 0 Å². The molecule has 4 rings (SSSR count). The van der Waals surface area contributed by atoms with Crippen LogP contribution in [0.5, 0.6) is 5.75 Å². The minimum atomic E-state index is -0.539. The van der Waals surface area contributed by atoms with Gasteiger partial charge < -0.3 is 19.6 Å². The number of rotatable bonds is 6. The molecule has 0 aromatic heterocycles. The molecule has 1 heterocycles. The third-order valence-electron chi connectivity index (χ3n) is 5.77. The summed E-state index contributed by atoms with van der Waals surface area (Å²) in [6, 6.07) is 18.0. The number of anilines is 1. The number of hydrogen-bond donors (Lipinski definition) is 2. The average Bonchev–Trinajstić information content (AvgIpc) is 2.76. The van der Waals surface area contributed by atoms with E-state index in [4.69, 9.17) is 27.9 Å². The summed E-state index contributed by atoms with van der Waals surface area (Å²) in [6.45, 7) is 6.74. The lowest BCUT2D eigenvalue weighted by Crippen LogP contribution is -3.16. The van der Waals surface area contributed by atoms with Crippen LogP contribution in [0.3, 0.4) is 0 Å². The van der Waals surface area contributed by atoms with Crippen LogP contribution < -0.4 is 14.5 Å². The lowest BCUT2D eigenvalue weighted by Gasteiger charge is -2.34. The number of aliphatic hydroxyl groups excluding tert-OH is 1. The highest BCUT2D eigenvalue weighted by Gasteiger charge is 2.23. The molecule has 3 aromatic rings. The SMILES string of the molecule is Cc1ccc(N2CC[NH+](C[C@@H](O)COc3ccc4ccccc4c3Cl)CC2)cc1Cl. The Labute approximate surface area is 187 Å². The largest absolute Gasteiger partial charge is 0.489 e. The zero-order valence-electron chi connectivity index (χ0n) is 17.1. The molecular weight excluding hydrogens is 419 g/mol. The minimum absolute atomic E-state index is 0.235. The van der Waals surface area contributed by atoms with E-state index >= 15 is 0 Å². The van der Waals surface area contributed by atoms with Gasteiger partial charge in [-0.05, 0) is 36.1 Å². The summed E-state index contributed by atoms with van der Waals surface area (Å²) in [6.07, 6.45) is -0.539. The third-order valence-corrected chi connectivity index (χ3v) is 6.57. The van der Waals surface area contributed by atoms with Crippen LogP contribution in [0.25, 0.3) is 10.8 Å². The Morgan fingerprint density at radius 3 is 2.60 bits per heavy atom. The van der Waals surface area contributed by atoms with Crippen LogP contribution in [-0.4, -0.2) is 50.5 Å². The number of aliphatic hydroxyl groups is 1. The number of aryl methyl sites for hydroxylation is 1. The summed E-state index contributed by atoms with van der Waals surface area (Å²) in [5, 5.41) is 13.9. The number of benzene rings is 3. The number of nitrogens with zero attached hydrogens (tertiary/aromatic N) is 1. The quantitative estimate of drug-likeness (QED) is 0.608. The fraction of sp³-hybridized carbons (Fsp3) is 0.333. The van der Waals surface area contributed by atoms with Gasteiger partial charge in [0.1, 0.15) is 25.0 Å². The minimum Gasteiger partial charge on any atom is -0.489 e. The fourth-order valence-corrected chi connectivity index (χ4v) is 4.43. The number of quaternary nitrogens is 1. The average molecular weight is 446 g/mol. The van der Waals surface area contributed by atoms with Crippen molar-refractivity contribution in [1.82, 2.24) is 0 Å². The van der Waals surface area contributed by atoms with Gasteiger partial charge in [0.05, 0.1) is 31.2 Å². The zero-order valence-corrected chi connectivity index (χ0v) is 18.6. The van der Waals surface area contributed by atoms with Gasteiger partial charge in [-0.15, -0.1) is 0 Å². The second-order valence-electron chi connectivity index (χ2n) is 7.94. The van der Waals surface area contributed by atoms with E-state index in [0.717, 1.165) is 47.5 Å². The number of piperazine rings is 1. The standard InChI is InChI=1S/C24H26Cl2N2O2/c1-17-6-8-19(14-22(17)25)28-12-10-27(11-13-28)15-20(29)16-30-23-9-7-18-4-2-3-5-21(18)24(23)26/h2-9,14,20,29H,10-13,15-16H2,1H3/p+1/t20-/m1/s1. The maximum Gasteiger partial charge on any atom is 0.138 e. The van der Waals surface area contributed by atoms with Crippen LogP contribution in [0.1, 0.15) is 5.56 Å². The fourth-order valence-electron chi connectivity index (χ4n) is 3.97. The molecular formula is C24H27Cl2N2O2+. The van der Waals surface area contributed by atoms with Crippen LogP contribution in [0.2, 0.25) is 10.0 Å². The summed E-state index contributed by atoms with van der Waals surface area (Å²) < 4.78 is 5.84. The van der Waals surface area contributed by atoms with Gasteiger partial charge in [0.15, 0.2) is 0 Å². The van der Waals surface area contributed by atoms with E-state index in [0.29, 0.717) is 17.3 Å². The van der Waals surface area contributed by atoms with Gasteiger partial charge >= 0.3 is 0 Å². The molecule has 30 heavy (non-hydrogen) atoms. The van der Waals surface area contributed by atoms with E-state index in [2.05, 4.69) is 17.0 Å². The molecule has 0 unspecified atom stereocenters. The number of hydrogen-bond acceptors (Lipinski definition) is 3. The highest BCUT2D eigenvalue weighted by atomic mass is 35.5. The lowest BCUT2D eigenvalue weighted by atomic mass is 10.1. The summed E-state index contributed by atoms with van der Waals surface area (Å²) >= 11 is 12.8. The van der Waals surface area contributed by atoms with E-state index in [1.165, 1.54) is 10.6 Å². The molecule has 1 saturated heterocycles. The van der Waals surface area contributed by atoms with Crippen molar-refractivity contribution in [3.05, 3.63) is 70.2 Å². The molecule has 0 saturated carbocycles. The van der Waals surface area contributed by atoms with E-state index < -0.39 is 6.10 Å². The number of nitrogens with one attached hydrogen (secondary N) is 1. The molecule has 0 aliphatic carbocycles. The van der Waals surface area contributed by atoms with Crippen molar-refractivity contribution in [2.45, 2.75) is 13.0 Å². The Morgan fingerprint density at radius 2 is 1.83 bits per heavy atom. The van der Waals surface area contributed by atoms with Crippen LogP contribution in [0.15, 0.2) is 54.6 Å². The lowest BCUT2D eigenvalue weighted by molar-refractivity contribution is -0.903. The molecule has 1 atom stereocenters. The molecule has 158 valence electrons. The summed E-state index contributed by atoms with van der Waals surface area (Å²) in [4.78, 5) is 3.73. The van der Waals surface area contributed by atoms with Crippen LogP contribution in [0, 0.1) is 6.92 Å². The van der Waals surface area contributed by atoms with E-state index in [1.807, 2.05) is 49.4 Å². The molecule has 1 fully saturated rings. The molecule has 2 N–H and O–H groups in total. The molecule has 0 bridgehead atoms. The smallest absolute Gasteiger partial charge is 0.138 e. The number of fused-ring (bicyclic) bond motifs is 1. The maximum atomic E-state index is 10.5. The monoisotopic (exact) mass is 445 g/mol. The summed E-state index contributed by atoms with van der Waals surface area (Å²) in [5.74, 6) is 0.616. The van der Waals surface area contributed by atoms with Gasteiger partial charge in [0, 0.05) is 16.1 Å². The Kier molecular flexibility index (Phi) is 6.69. The first-order valence-corrected chi connectivity index (χ1v) is 11.1. The van der Waals surface area contributed by atoms with Crippen LogP contribution >= 0.6 is 23.2 Å². The number of ether oxygens (including phenoxy) is 1. The van der Waals surface area contributed by atoms with Crippen molar-refractivity contribution in [2.75, 3.05) is 44.2 Å². The second kappa shape index (κ2) is 9.44. The summed E-state index contributed by atoms with van der Waals surface area (Å²) in [5.41, 5.74) is 2.26. The van der Waals surface area contributed by atoms with E-state index in [-0.39, 0.29) is 6.61 Å². The highest BCUT2D eigenvalue weighted by Crippen LogP contribution is 2.32. The molecule has 6 heteroatoms. The highest BCUT2D eigenvalue weighted by molar-refractivity contribution is 6.37. The topological polar surface area (TPSA) is 37.1 Å². The first kappa shape index (κ1) is 21.3.